The first kappa shape index (κ1) is 25.1. The Labute approximate surface area is 251 Å². The first-order valence-electron chi connectivity index (χ1n) is 14.8. The molecule has 0 aliphatic rings. The van der Waals surface area contributed by atoms with Crippen LogP contribution in [0.3, 0.4) is 0 Å². The van der Waals surface area contributed by atoms with E-state index in [1.165, 1.54) is 72.0 Å². The van der Waals surface area contributed by atoms with Gasteiger partial charge in [-0.2, -0.15) is 0 Å². The van der Waals surface area contributed by atoms with E-state index in [-0.39, 0.29) is 0 Å². The molecular formula is C42H29N. The molecular weight excluding hydrogens is 518 g/mol. The summed E-state index contributed by atoms with van der Waals surface area (Å²) in [5.41, 5.74) is 13.3. The second-order valence-electron chi connectivity index (χ2n) is 10.9. The standard InChI is InChI=1S/C42H29N/c1-4-15-30(16-5-1)33-21-12-22-34(29-33)37-26-13-25-36(32-19-8-3-9-20-32)42(37)43-39-27-11-10-23-38(39)41-35(24-14-28-40(41)43)31-17-6-2-7-18-31/h1-29H. The molecule has 43 heavy (non-hydrogen) atoms. The molecule has 0 amide bonds. The topological polar surface area (TPSA) is 4.93 Å². The van der Waals surface area contributed by atoms with E-state index in [0.29, 0.717) is 0 Å². The van der Waals surface area contributed by atoms with Crippen LogP contribution in [0.5, 0.6) is 0 Å². The largest absolute Gasteiger partial charge is 0.308 e. The molecule has 8 aromatic rings. The van der Waals surface area contributed by atoms with Crippen LogP contribution in [0.25, 0.3) is 72.0 Å². The predicted octanol–water partition coefficient (Wildman–Crippen LogP) is 11.5. The van der Waals surface area contributed by atoms with Gasteiger partial charge in [0.1, 0.15) is 0 Å². The molecule has 0 saturated heterocycles. The van der Waals surface area contributed by atoms with Gasteiger partial charge in [0, 0.05) is 21.9 Å². The van der Waals surface area contributed by atoms with Crippen molar-refractivity contribution in [2.24, 2.45) is 0 Å². The van der Waals surface area contributed by atoms with Gasteiger partial charge in [0.25, 0.3) is 0 Å². The molecule has 0 spiro atoms. The summed E-state index contributed by atoms with van der Waals surface area (Å²) in [7, 11) is 0. The maximum absolute atomic E-state index is 2.49. The van der Waals surface area contributed by atoms with Crippen LogP contribution in [0.2, 0.25) is 0 Å². The Balaban J connectivity index is 1.48. The Hall–Kier alpha value is -5.66. The van der Waals surface area contributed by atoms with Gasteiger partial charge in [0.15, 0.2) is 0 Å². The number of aromatic nitrogens is 1. The highest BCUT2D eigenvalue weighted by Crippen LogP contribution is 2.44. The summed E-state index contributed by atoms with van der Waals surface area (Å²) in [6, 6.07) is 63.4. The fraction of sp³-hybridized carbons (Fsp3) is 0. The molecule has 0 bridgehead atoms. The maximum Gasteiger partial charge on any atom is 0.0618 e. The fourth-order valence-corrected chi connectivity index (χ4v) is 6.48. The van der Waals surface area contributed by atoms with E-state index in [2.05, 4.69) is 180 Å². The second-order valence-corrected chi connectivity index (χ2v) is 10.9. The van der Waals surface area contributed by atoms with Gasteiger partial charge < -0.3 is 4.57 Å². The van der Waals surface area contributed by atoms with E-state index in [9.17, 15) is 0 Å². The summed E-state index contributed by atoms with van der Waals surface area (Å²) in [6.45, 7) is 0. The van der Waals surface area contributed by atoms with Crippen molar-refractivity contribution in [3.63, 3.8) is 0 Å². The number of nitrogens with zero attached hydrogens (tertiary/aromatic N) is 1. The maximum atomic E-state index is 2.49. The molecule has 0 saturated carbocycles. The molecule has 1 heterocycles. The van der Waals surface area contributed by atoms with Crippen molar-refractivity contribution in [1.29, 1.82) is 0 Å². The van der Waals surface area contributed by atoms with E-state index >= 15 is 0 Å². The SMILES string of the molecule is c1ccc(-c2cccc(-c3cccc(-c4ccccc4)c3-n3c4ccccc4c4c(-c5ccccc5)cccc43)c2)cc1. The molecule has 1 nitrogen and oxygen atoms in total. The van der Waals surface area contributed by atoms with Crippen molar-refractivity contribution in [1.82, 2.24) is 4.57 Å². The lowest BCUT2D eigenvalue weighted by Crippen LogP contribution is -2.00. The first-order chi connectivity index (χ1) is 21.4. The average Bonchev–Trinajstić information content (AvgIpc) is 3.43. The number of rotatable bonds is 5. The number of para-hydroxylation sites is 2. The van der Waals surface area contributed by atoms with Gasteiger partial charge in [-0.15, -0.1) is 0 Å². The minimum absolute atomic E-state index is 1.19. The lowest BCUT2D eigenvalue weighted by molar-refractivity contribution is 1.18. The normalized spacial score (nSPS) is 11.3. The lowest BCUT2D eigenvalue weighted by Gasteiger charge is -2.19. The number of fused-ring (bicyclic) bond motifs is 3. The molecule has 1 aromatic heterocycles. The number of benzene rings is 7. The van der Waals surface area contributed by atoms with E-state index in [1.807, 2.05) is 0 Å². The third-order valence-corrected chi connectivity index (χ3v) is 8.41. The zero-order valence-electron chi connectivity index (χ0n) is 23.7. The lowest BCUT2D eigenvalue weighted by atomic mass is 9.93. The Morgan fingerprint density at radius 3 is 1.49 bits per heavy atom. The Kier molecular flexibility index (Phi) is 6.20. The Morgan fingerprint density at radius 1 is 0.302 bits per heavy atom. The third kappa shape index (κ3) is 4.34. The smallest absolute Gasteiger partial charge is 0.0618 e. The van der Waals surface area contributed by atoms with Crippen LogP contribution in [0.1, 0.15) is 0 Å². The van der Waals surface area contributed by atoms with Crippen LogP contribution in [0.15, 0.2) is 176 Å². The number of hydrogen-bond acceptors (Lipinski definition) is 0. The molecule has 8 rings (SSSR count). The molecule has 0 aliphatic heterocycles. The first-order valence-corrected chi connectivity index (χ1v) is 14.8. The molecule has 0 atom stereocenters. The highest BCUT2D eigenvalue weighted by molar-refractivity contribution is 6.16. The monoisotopic (exact) mass is 547 g/mol. The van der Waals surface area contributed by atoms with Crippen LogP contribution in [-0.2, 0) is 0 Å². The van der Waals surface area contributed by atoms with Crippen molar-refractivity contribution in [3.05, 3.63) is 176 Å². The van der Waals surface area contributed by atoms with E-state index in [0.717, 1.165) is 0 Å². The van der Waals surface area contributed by atoms with Crippen LogP contribution in [0.4, 0.5) is 0 Å². The van der Waals surface area contributed by atoms with E-state index in [4.69, 9.17) is 0 Å². The Bertz CT molecular complexity index is 2210. The summed E-state index contributed by atoms with van der Waals surface area (Å²) in [4.78, 5) is 0. The zero-order valence-corrected chi connectivity index (χ0v) is 23.7. The van der Waals surface area contributed by atoms with Crippen LogP contribution >= 0.6 is 0 Å². The molecule has 0 unspecified atom stereocenters. The van der Waals surface area contributed by atoms with Crippen molar-refractivity contribution >= 4 is 21.8 Å². The van der Waals surface area contributed by atoms with Crippen LogP contribution in [-0.4, -0.2) is 4.57 Å². The molecule has 7 aromatic carbocycles. The molecule has 0 fully saturated rings. The zero-order chi connectivity index (χ0) is 28.6. The average molecular weight is 548 g/mol. The second kappa shape index (κ2) is 10.6. The van der Waals surface area contributed by atoms with Crippen molar-refractivity contribution in [2.75, 3.05) is 0 Å². The molecule has 0 aliphatic carbocycles. The number of hydrogen-bond donors (Lipinski definition) is 0. The molecule has 0 N–H and O–H groups in total. The van der Waals surface area contributed by atoms with Crippen molar-refractivity contribution in [2.45, 2.75) is 0 Å². The Morgan fingerprint density at radius 2 is 0.767 bits per heavy atom. The van der Waals surface area contributed by atoms with E-state index < -0.39 is 0 Å². The van der Waals surface area contributed by atoms with Gasteiger partial charge in [-0.1, -0.05) is 158 Å². The van der Waals surface area contributed by atoms with Gasteiger partial charge >= 0.3 is 0 Å². The molecule has 0 radical (unpaired) electrons. The van der Waals surface area contributed by atoms with Crippen molar-refractivity contribution < 1.29 is 0 Å². The van der Waals surface area contributed by atoms with Gasteiger partial charge in [0.2, 0.25) is 0 Å². The summed E-state index contributed by atoms with van der Waals surface area (Å²) in [5.74, 6) is 0. The fourth-order valence-electron chi connectivity index (χ4n) is 6.48. The highest BCUT2D eigenvalue weighted by atomic mass is 15.0. The summed E-state index contributed by atoms with van der Waals surface area (Å²) >= 11 is 0. The minimum Gasteiger partial charge on any atom is -0.308 e. The summed E-state index contributed by atoms with van der Waals surface area (Å²) in [6.07, 6.45) is 0. The molecule has 1 heteroatoms. The van der Waals surface area contributed by atoms with Crippen LogP contribution in [0, 0.1) is 0 Å². The van der Waals surface area contributed by atoms with Crippen molar-refractivity contribution in [3.8, 4) is 50.2 Å². The quantitative estimate of drug-likeness (QED) is 0.202. The third-order valence-electron chi connectivity index (χ3n) is 8.41. The van der Waals surface area contributed by atoms with Gasteiger partial charge in [-0.3, -0.25) is 0 Å². The van der Waals surface area contributed by atoms with Gasteiger partial charge in [-0.05, 0) is 51.6 Å². The van der Waals surface area contributed by atoms with Gasteiger partial charge in [-0.25, -0.2) is 0 Å². The molecule has 202 valence electrons. The van der Waals surface area contributed by atoms with E-state index in [1.54, 1.807) is 0 Å². The summed E-state index contributed by atoms with van der Waals surface area (Å²) in [5, 5.41) is 2.53. The minimum atomic E-state index is 1.19. The van der Waals surface area contributed by atoms with Crippen LogP contribution < -0.4 is 0 Å². The predicted molar refractivity (Wildman–Crippen MR) is 183 cm³/mol. The summed E-state index contributed by atoms with van der Waals surface area (Å²) < 4.78 is 2.49. The highest BCUT2D eigenvalue weighted by Gasteiger charge is 2.21. The van der Waals surface area contributed by atoms with Gasteiger partial charge in [0.05, 0.1) is 16.7 Å².